The van der Waals surface area contributed by atoms with Gasteiger partial charge in [0.15, 0.2) is 5.58 Å². The van der Waals surface area contributed by atoms with Crippen LogP contribution in [0.5, 0.6) is 0 Å². The van der Waals surface area contributed by atoms with Crippen molar-refractivity contribution < 1.29 is 4.42 Å². The summed E-state index contributed by atoms with van der Waals surface area (Å²) in [4.78, 5) is 0. The number of fused-ring (bicyclic) bond motifs is 3. The van der Waals surface area contributed by atoms with Gasteiger partial charge in [-0.2, -0.15) is 0 Å². The number of rotatable bonds is 1. The number of nitrogens with zero attached hydrogens (tertiary/aromatic N) is 1. The average Bonchev–Trinajstić information content (AvgIpc) is 2.98. The lowest BCUT2D eigenvalue weighted by Gasteiger charge is -2.14. The van der Waals surface area contributed by atoms with Gasteiger partial charge in [-0.1, -0.05) is 30.3 Å². The van der Waals surface area contributed by atoms with E-state index in [-0.39, 0.29) is 0 Å². The summed E-state index contributed by atoms with van der Waals surface area (Å²) < 4.78 is 8.19. The number of benzene rings is 2. The molecule has 0 radical (unpaired) electrons. The highest BCUT2D eigenvalue weighted by Crippen LogP contribution is 2.39. The van der Waals surface area contributed by atoms with Gasteiger partial charge in [-0.15, -0.1) is 0 Å². The maximum atomic E-state index is 6.42. The first-order valence-corrected chi connectivity index (χ1v) is 7.44. The van der Waals surface area contributed by atoms with Crippen LogP contribution in [0.1, 0.15) is 16.7 Å². The zero-order valence-corrected chi connectivity index (χ0v) is 13.0. The summed E-state index contributed by atoms with van der Waals surface area (Å²) in [6, 6.07) is 14.4. The fourth-order valence-corrected chi connectivity index (χ4v) is 3.30. The molecule has 22 heavy (non-hydrogen) atoms. The third-order valence-electron chi connectivity index (χ3n) is 4.42. The Morgan fingerprint density at radius 3 is 2.32 bits per heavy atom. The van der Waals surface area contributed by atoms with Crippen molar-refractivity contribution in [3.63, 3.8) is 0 Å². The second kappa shape index (κ2) is 4.41. The molecule has 3 heteroatoms. The summed E-state index contributed by atoms with van der Waals surface area (Å²) >= 11 is 0. The molecule has 0 saturated heterocycles. The van der Waals surface area contributed by atoms with Gasteiger partial charge in [0, 0.05) is 10.9 Å². The minimum atomic E-state index is 0.747. The Kier molecular flexibility index (Phi) is 2.61. The highest BCUT2D eigenvalue weighted by atomic mass is 16.3. The average molecular weight is 290 g/mol. The van der Waals surface area contributed by atoms with E-state index in [1.165, 1.54) is 11.1 Å². The van der Waals surface area contributed by atoms with Crippen LogP contribution in [0.15, 0.2) is 46.9 Å². The highest BCUT2D eigenvalue weighted by molar-refractivity contribution is 6.07. The van der Waals surface area contributed by atoms with Crippen LogP contribution in [-0.2, 0) is 0 Å². The molecule has 2 N–H and O–H groups in total. The molecule has 0 bridgehead atoms. The van der Waals surface area contributed by atoms with Crippen molar-refractivity contribution in [3.8, 4) is 5.69 Å². The van der Waals surface area contributed by atoms with Gasteiger partial charge in [-0.3, -0.25) is 4.57 Å². The lowest BCUT2D eigenvalue weighted by molar-refractivity contribution is 0.667. The topological polar surface area (TPSA) is 44.1 Å². The van der Waals surface area contributed by atoms with Crippen molar-refractivity contribution in [2.45, 2.75) is 20.8 Å². The van der Waals surface area contributed by atoms with Gasteiger partial charge >= 0.3 is 0 Å². The standard InChI is InChI=1S/C19H18N2O/c1-11-7-6-8-12(2)16(11)21-17-14-9-4-5-10-15(14)22-18(17)13(3)19(21)20/h4-10H,20H2,1-3H3. The molecular formula is C19H18N2O. The molecule has 0 aliphatic rings. The number of nitrogens with two attached hydrogens (primary N) is 1. The summed E-state index contributed by atoms with van der Waals surface area (Å²) in [7, 11) is 0. The van der Waals surface area contributed by atoms with Crippen LogP contribution in [-0.4, -0.2) is 4.57 Å². The van der Waals surface area contributed by atoms with Crippen LogP contribution in [0.2, 0.25) is 0 Å². The normalized spacial score (nSPS) is 11.6. The Morgan fingerprint density at radius 2 is 1.59 bits per heavy atom. The summed E-state index contributed by atoms with van der Waals surface area (Å²) in [6.45, 7) is 6.25. The van der Waals surface area contributed by atoms with Gasteiger partial charge in [0.2, 0.25) is 0 Å². The molecule has 0 aliphatic carbocycles. The zero-order chi connectivity index (χ0) is 15.4. The molecule has 0 spiro atoms. The predicted octanol–water partition coefficient (Wildman–Crippen LogP) is 4.88. The smallest absolute Gasteiger partial charge is 0.158 e. The van der Waals surface area contributed by atoms with E-state index in [0.29, 0.717) is 0 Å². The number of aromatic nitrogens is 1. The Morgan fingerprint density at radius 1 is 0.909 bits per heavy atom. The van der Waals surface area contributed by atoms with E-state index in [1.54, 1.807) is 0 Å². The second-order valence-electron chi connectivity index (χ2n) is 5.86. The molecule has 2 aromatic heterocycles. The van der Waals surface area contributed by atoms with Crippen molar-refractivity contribution in [2.24, 2.45) is 0 Å². The molecule has 0 aliphatic heterocycles. The van der Waals surface area contributed by atoms with Crippen molar-refractivity contribution in [2.75, 3.05) is 5.73 Å². The van der Waals surface area contributed by atoms with Crippen LogP contribution in [0.25, 0.3) is 27.8 Å². The Balaban J connectivity index is 2.24. The summed E-state index contributed by atoms with van der Waals surface area (Å²) in [5, 5.41) is 1.10. The molecule has 110 valence electrons. The maximum Gasteiger partial charge on any atom is 0.158 e. The van der Waals surface area contributed by atoms with Gasteiger partial charge in [0.05, 0.1) is 5.69 Å². The van der Waals surface area contributed by atoms with Crippen LogP contribution in [0.4, 0.5) is 5.82 Å². The highest BCUT2D eigenvalue weighted by Gasteiger charge is 2.21. The third kappa shape index (κ3) is 1.56. The van der Waals surface area contributed by atoms with Crippen LogP contribution in [0, 0.1) is 20.8 Å². The van der Waals surface area contributed by atoms with Gasteiger partial charge in [0.25, 0.3) is 0 Å². The Bertz CT molecular complexity index is 1000. The molecule has 0 saturated carbocycles. The van der Waals surface area contributed by atoms with E-state index >= 15 is 0 Å². The van der Waals surface area contributed by atoms with E-state index in [2.05, 4.69) is 42.7 Å². The zero-order valence-electron chi connectivity index (χ0n) is 13.0. The molecule has 2 aromatic carbocycles. The lowest BCUT2D eigenvalue weighted by Crippen LogP contribution is -2.04. The molecule has 2 heterocycles. The van der Waals surface area contributed by atoms with Gasteiger partial charge < -0.3 is 10.2 Å². The SMILES string of the molecule is Cc1cccc(C)c1-n1c(N)c(C)c2oc3ccccc3c21. The molecule has 4 aromatic rings. The van der Waals surface area contributed by atoms with Gasteiger partial charge in [-0.05, 0) is 44.0 Å². The molecule has 3 nitrogen and oxygen atoms in total. The molecular weight excluding hydrogens is 272 g/mol. The van der Waals surface area contributed by atoms with Crippen LogP contribution < -0.4 is 5.73 Å². The summed E-state index contributed by atoms with van der Waals surface area (Å²) in [5.41, 5.74) is 13.8. The minimum Gasteiger partial charge on any atom is -0.454 e. The second-order valence-corrected chi connectivity index (χ2v) is 5.86. The first-order valence-electron chi connectivity index (χ1n) is 7.44. The number of hydrogen-bond donors (Lipinski definition) is 1. The predicted molar refractivity (Wildman–Crippen MR) is 91.7 cm³/mol. The Labute approximate surface area is 129 Å². The van der Waals surface area contributed by atoms with Crippen molar-refractivity contribution in [3.05, 3.63) is 59.2 Å². The Hall–Kier alpha value is -2.68. The van der Waals surface area contributed by atoms with E-state index < -0.39 is 0 Å². The number of nitrogen functional groups attached to an aromatic ring is 1. The van der Waals surface area contributed by atoms with Crippen LogP contribution >= 0.6 is 0 Å². The van der Waals surface area contributed by atoms with Gasteiger partial charge in [-0.25, -0.2) is 0 Å². The van der Waals surface area contributed by atoms with E-state index in [9.17, 15) is 0 Å². The molecule has 0 unspecified atom stereocenters. The fourth-order valence-electron chi connectivity index (χ4n) is 3.30. The van der Waals surface area contributed by atoms with Crippen molar-refractivity contribution in [1.29, 1.82) is 0 Å². The fraction of sp³-hybridized carbons (Fsp3) is 0.158. The first-order chi connectivity index (χ1) is 10.6. The summed E-state index contributed by atoms with van der Waals surface area (Å²) in [6.07, 6.45) is 0. The molecule has 0 amide bonds. The summed E-state index contributed by atoms with van der Waals surface area (Å²) in [5.74, 6) is 0.747. The number of hydrogen-bond acceptors (Lipinski definition) is 2. The van der Waals surface area contributed by atoms with E-state index in [1.807, 2.05) is 25.1 Å². The first kappa shape index (κ1) is 13.0. The number of aryl methyl sites for hydroxylation is 3. The molecule has 4 rings (SSSR count). The quantitative estimate of drug-likeness (QED) is 0.542. The lowest BCUT2D eigenvalue weighted by atomic mass is 10.1. The molecule has 0 fully saturated rings. The monoisotopic (exact) mass is 290 g/mol. The number of furan rings is 1. The van der Waals surface area contributed by atoms with E-state index in [4.69, 9.17) is 10.2 Å². The van der Waals surface area contributed by atoms with Crippen molar-refractivity contribution >= 4 is 27.9 Å². The third-order valence-corrected chi connectivity index (χ3v) is 4.42. The van der Waals surface area contributed by atoms with E-state index in [0.717, 1.165) is 39.1 Å². The van der Waals surface area contributed by atoms with Crippen molar-refractivity contribution in [1.82, 2.24) is 4.57 Å². The largest absolute Gasteiger partial charge is 0.454 e. The minimum absolute atomic E-state index is 0.747. The number of para-hydroxylation sites is 2. The van der Waals surface area contributed by atoms with Gasteiger partial charge in [0.1, 0.15) is 16.9 Å². The maximum absolute atomic E-state index is 6.42. The van der Waals surface area contributed by atoms with Crippen LogP contribution in [0.3, 0.4) is 0 Å². The number of anilines is 1. The molecule has 0 atom stereocenters.